The van der Waals surface area contributed by atoms with Crippen molar-refractivity contribution < 1.29 is 14.3 Å². The van der Waals surface area contributed by atoms with E-state index < -0.39 is 0 Å². The van der Waals surface area contributed by atoms with Gasteiger partial charge in [0, 0.05) is 0 Å². The highest BCUT2D eigenvalue weighted by atomic mass is 16.5. The fourth-order valence-electron chi connectivity index (χ4n) is 2.16. The number of esters is 1. The Kier molecular flexibility index (Phi) is 5.69. The molecule has 3 nitrogen and oxygen atoms in total. The molecule has 0 saturated carbocycles. The molecule has 100 valence electrons. The molecular formula is C15H22O3. The van der Waals surface area contributed by atoms with E-state index in [1.165, 1.54) is 12.7 Å². The van der Waals surface area contributed by atoms with E-state index in [2.05, 4.69) is 13.0 Å². The standard InChI is InChI=1S/C15H22O3/c1-5-12(9-11(2)15(16)18-4)13-7-6-8-14(10-13)17-3/h6-8,10-12H,5,9H2,1-4H3. The van der Waals surface area contributed by atoms with Crippen molar-refractivity contribution in [2.45, 2.75) is 32.6 Å². The molecular weight excluding hydrogens is 228 g/mol. The van der Waals surface area contributed by atoms with Crippen molar-refractivity contribution in [2.24, 2.45) is 5.92 Å². The van der Waals surface area contributed by atoms with Crippen LogP contribution in [0.3, 0.4) is 0 Å². The topological polar surface area (TPSA) is 35.5 Å². The minimum absolute atomic E-state index is 0.0776. The van der Waals surface area contributed by atoms with Gasteiger partial charge in [-0.15, -0.1) is 0 Å². The lowest BCUT2D eigenvalue weighted by Crippen LogP contribution is -2.16. The molecule has 18 heavy (non-hydrogen) atoms. The van der Waals surface area contributed by atoms with E-state index in [0.717, 1.165) is 18.6 Å². The zero-order chi connectivity index (χ0) is 13.5. The number of carbonyl (C=O) groups excluding carboxylic acids is 1. The maximum absolute atomic E-state index is 11.5. The number of benzene rings is 1. The average Bonchev–Trinajstić information content (AvgIpc) is 2.43. The van der Waals surface area contributed by atoms with Gasteiger partial charge in [-0.2, -0.15) is 0 Å². The van der Waals surface area contributed by atoms with Crippen LogP contribution in [0.1, 0.15) is 38.2 Å². The van der Waals surface area contributed by atoms with Crippen LogP contribution in [0.4, 0.5) is 0 Å². The molecule has 1 rings (SSSR count). The number of hydrogen-bond acceptors (Lipinski definition) is 3. The monoisotopic (exact) mass is 250 g/mol. The third-order valence-electron chi connectivity index (χ3n) is 3.30. The zero-order valence-electron chi connectivity index (χ0n) is 11.6. The molecule has 0 aliphatic heterocycles. The third kappa shape index (κ3) is 3.76. The molecule has 0 aromatic heterocycles. The number of hydrogen-bond donors (Lipinski definition) is 0. The Hall–Kier alpha value is -1.51. The van der Waals surface area contributed by atoms with Gasteiger partial charge >= 0.3 is 5.97 Å². The molecule has 0 aliphatic rings. The molecule has 1 aromatic carbocycles. The van der Waals surface area contributed by atoms with Gasteiger partial charge in [0.15, 0.2) is 0 Å². The van der Waals surface area contributed by atoms with Crippen molar-refractivity contribution >= 4 is 5.97 Å². The molecule has 0 amide bonds. The van der Waals surface area contributed by atoms with Crippen molar-refractivity contribution in [3.63, 3.8) is 0 Å². The molecule has 0 heterocycles. The summed E-state index contributed by atoms with van der Waals surface area (Å²) in [6.45, 7) is 4.04. The first-order valence-electron chi connectivity index (χ1n) is 6.34. The second-order valence-corrected chi connectivity index (χ2v) is 4.54. The first kappa shape index (κ1) is 14.6. The predicted molar refractivity (Wildman–Crippen MR) is 71.8 cm³/mol. The van der Waals surface area contributed by atoms with Gasteiger partial charge in [-0.3, -0.25) is 4.79 Å². The van der Waals surface area contributed by atoms with Gasteiger partial charge in [-0.05, 0) is 36.5 Å². The lowest BCUT2D eigenvalue weighted by Gasteiger charge is -2.19. The lowest BCUT2D eigenvalue weighted by molar-refractivity contribution is -0.145. The summed E-state index contributed by atoms with van der Waals surface area (Å²) in [4.78, 5) is 11.5. The van der Waals surface area contributed by atoms with Crippen molar-refractivity contribution in [3.05, 3.63) is 29.8 Å². The highest BCUT2D eigenvalue weighted by molar-refractivity contribution is 5.71. The molecule has 0 bridgehead atoms. The highest BCUT2D eigenvalue weighted by Gasteiger charge is 2.19. The summed E-state index contributed by atoms with van der Waals surface area (Å²) in [5.74, 6) is 0.994. The van der Waals surface area contributed by atoms with Crippen LogP contribution < -0.4 is 4.74 Å². The van der Waals surface area contributed by atoms with E-state index in [0.29, 0.717) is 5.92 Å². The maximum atomic E-state index is 11.5. The van der Waals surface area contributed by atoms with Crippen LogP contribution in [0.2, 0.25) is 0 Å². The summed E-state index contributed by atoms with van der Waals surface area (Å²) in [6, 6.07) is 8.04. The van der Waals surface area contributed by atoms with Crippen molar-refractivity contribution in [1.29, 1.82) is 0 Å². The quantitative estimate of drug-likeness (QED) is 0.726. The molecule has 3 heteroatoms. The normalized spacial score (nSPS) is 13.8. The summed E-state index contributed by atoms with van der Waals surface area (Å²) >= 11 is 0. The van der Waals surface area contributed by atoms with Gasteiger partial charge in [0.1, 0.15) is 5.75 Å². The minimum atomic E-state index is -0.142. The summed E-state index contributed by atoms with van der Waals surface area (Å²) in [7, 11) is 3.10. The van der Waals surface area contributed by atoms with Gasteiger partial charge in [-0.1, -0.05) is 26.0 Å². The molecule has 0 radical (unpaired) electrons. The molecule has 0 aliphatic carbocycles. The van der Waals surface area contributed by atoms with Gasteiger partial charge < -0.3 is 9.47 Å². The number of rotatable bonds is 6. The Morgan fingerprint density at radius 1 is 1.33 bits per heavy atom. The smallest absolute Gasteiger partial charge is 0.308 e. The van der Waals surface area contributed by atoms with Gasteiger partial charge in [0.05, 0.1) is 20.1 Å². The van der Waals surface area contributed by atoms with Crippen LogP contribution in [0.5, 0.6) is 5.75 Å². The SMILES string of the molecule is CCC(CC(C)C(=O)OC)c1cccc(OC)c1. The van der Waals surface area contributed by atoms with E-state index in [9.17, 15) is 4.79 Å². The molecule has 0 N–H and O–H groups in total. The fraction of sp³-hybridized carbons (Fsp3) is 0.533. The van der Waals surface area contributed by atoms with E-state index in [1.54, 1.807) is 7.11 Å². The largest absolute Gasteiger partial charge is 0.497 e. The van der Waals surface area contributed by atoms with Crippen LogP contribution in [0.25, 0.3) is 0 Å². The predicted octanol–water partition coefficient (Wildman–Crippen LogP) is 3.39. The minimum Gasteiger partial charge on any atom is -0.497 e. The molecule has 0 spiro atoms. The fourth-order valence-corrected chi connectivity index (χ4v) is 2.16. The number of methoxy groups -OCH3 is 2. The van der Waals surface area contributed by atoms with E-state index in [1.807, 2.05) is 25.1 Å². The number of ether oxygens (including phenoxy) is 2. The van der Waals surface area contributed by atoms with Gasteiger partial charge in [0.25, 0.3) is 0 Å². The van der Waals surface area contributed by atoms with E-state index >= 15 is 0 Å². The van der Waals surface area contributed by atoms with Gasteiger partial charge in [-0.25, -0.2) is 0 Å². The summed E-state index contributed by atoms with van der Waals surface area (Å²) < 4.78 is 10.0. The van der Waals surface area contributed by atoms with Crippen molar-refractivity contribution in [2.75, 3.05) is 14.2 Å². The van der Waals surface area contributed by atoms with E-state index in [-0.39, 0.29) is 11.9 Å². The Bertz CT molecular complexity index is 387. The van der Waals surface area contributed by atoms with Crippen molar-refractivity contribution in [3.8, 4) is 5.75 Å². The van der Waals surface area contributed by atoms with Crippen molar-refractivity contribution in [1.82, 2.24) is 0 Å². The number of carbonyl (C=O) groups is 1. The molecule has 0 fully saturated rings. The molecule has 0 saturated heterocycles. The second-order valence-electron chi connectivity index (χ2n) is 4.54. The van der Waals surface area contributed by atoms with Crippen LogP contribution in [0.15, 0.2) is 24.3 Å². The first-order chi connectivity index (χ1) is 8.62. The summed E-state index contributed by atoms with van der Waals surface area (Å²) in [5.41, 5.74) is 1.22. The van der Waals surface area contributed by atoms with Crippen LogP contribution >= 0.6 is 0 Å². The molecule has 1 aromatic rings. The van der Waals surface area contributed by atoms with Crippen LogP contribution in [-0.4, -0.2) is 20.2 Å². The molecule has 2 unspecified atom stereocenters. The Morgan fingerprint density at radius 2 is 2.06 bits per heavy atom. The Balaban J connectivity index is 2.79. The molecule has 2 atom stereocenters. The highest BCUT2D eigenvalue weighted by Crippen LogP contribution is 2.29. The van der Waals surface area contributed by atoms with Crippen LogP contribution in [0, 0.1) is 5.92 Å². The van der Waals surface area contributed by atoms with Gasteiger partial charge in [0.2, 0.25) is 0 Å². The summed E-state index contributed by atoms with van der Waals surface area (Å²) in [5, 5.41) is 0. The lowest BCUT2D eigenvalue weighted by atomic mass is 9.87. The second kappa shape index (κ2) is 7.04. The Labute approximate surface area is 109 Å². The average molecular weight is 250 g/mol. The summed E-state index contributed by atoms with van der Waals surface area (Å²) in [6.07, 6.45) is 1.80. The van der Waals surface area contributed by atoms with Crippen LogP contribution in [-0.2, 0) is 9.53 Å². The zero-order valence-corrected chi connectivity index (χ0v) is 11.6. The van der Waals surface area contributed by atoms with E-state index in [4.69, 9.17) is 9.47 Å². The maximum Gasteiger partial charge on any atom is 0.308 e. The first-order valence-corrected chi connectivity index (χ1v) is 6.34. The third-order valence-corrected chi connectivity index (χ3v) is 3.30. The Morgan fingerprint density at radius 3 is 2.61 bits per heavy atom.